The molecule has 3 N–H and O–H groups in total. The molecular formula is C19H13NO7S2. The molecular weight excluding hydrogens is 418 g/mol. The van der Waals surface area contributed by atoms with Gasteiger partial charge in [-0.1, -0.05) is 42.2 Å². The maximum Gasteiger partial charge on any atom is 0.341 e. The van der Waals surface area contributed by atoms with E-state index in [1.165, 1.54) is 23.1 Å². The summed E-state index contributed by atoms with van der Waals surface area (Å²) in [5, 5.41) is 27.7. The van der Waals surface area contributed by atoms with Crippen LogP contribution in [0.5, 0.6) is 11.5 Å². The SMILES string of the molecule is O=C(O)COc1ccccc1/C=C1\SC(=S)N(c2ccc(C(=O)O)c(O)c2)C1=O. The van der Waals surface area contributed by atoms with Crippen LogP contribution in [0.25, 0.3) is 6.08 Å². The molecule has 0 atom stereocenters. The normalized spacial score (nSPS) is 15.0. The van der Waals surface area contributed by atoms with Gasteiger partial charge in [0.15, 0.2) is 10.9 Å². The summed E-state index contributed by atoms with van der Waals surface area (Å²) in [6.45, 7) is -0.527. The van der Waals surface area contributed by atoms with E-state index >= 15 is 0 Å². The number of anilines is 1. The van der Waals surface area contributed by atoms with E-state index in [4.69, 9.17) is 27.2 Å². The van der Waals surface area contributed by atoms with Crippen molar-refractivity contribution < 1.29 is 34.4 Å². The monoisotopic (exact) mass is 431 g/mol. The van der Waals surface area contributed by atoms with E-state index in [9.17, 15) is 19.5 Å². The molecule has 1 amide bonds. The van der Waals surface area contributed by atoms with Crippen LogP contribution in [0.15, 0.2) is 47.4 Å². The minimum absolute atomic E-state index is 0.202. The van der Waals surface area contributed by atoms with Gasteiger partial charge in [0.1, 0.15) is 17.1 Å². The Morgan fingerprint density at radius 3 is 2.55 bits per heavy atom. The van der Waals surface area contributed by atoms with E-state index in [1.54, 1.807) is 24.3 Å². The molecule has 3 rings (SSSR count). The number of rotatable bonds is 6. The zero-order valence-electron chi connectivity index (χ0n) is 14.6. The molecule has 0 saturated carbocycles. The number of amides is 1. The number of aliphatic carboxylic acids is 1. The molecule has 10 heteroatoms. The van der Waals surface area contributed by atoms with Crippen molar-refractivity contribution >= 4 is 57.9 Å². The molecule has 29 heavy (non-hydrogen) atoms. The Balaban J connectivity index is 1.91. The van der Waals surface area contributed by atoms with Gasteiger partial charge in [-0.15, -0.1) is 0 Å². The van der Waals surface area contributed by atoms with E-state index < -0.39 is 30.2 Å². The number of thioether (sulfide) groups is 1. The highest BCUT2D eigenvalue weighted by molar-refractivity contribution is 8.27. The molecule has 2 aromatic carbocycles. The van der Waals surface area contributed by atoms with E-state index in [-0.39, 0.29) is 20.5 Å². The second-order valence-electron chi connectivity index (χ2n) is 5.74. The van der Waals surface area contributed by atoms with Gasteiger partial charge in [-0.3, -0.25) is 9.69 Å². The maximum absolute atomic E-state index is 12.8. The minimum Gasteiger partial charge on any atom is -0.507 e. The van der Waals surface area contributed by atoms with Crippen LogP contribution in [0.3, 0.4) is 0 Å². The molecule has 0 unspecified atom stereocenters. The Kier molecular flexibility index (Phi) is 5.85. The summed E-state index contributed by atoms with van der Waals surface area (Å²) in [6.07, 6.45) is 1.53. The predicted molar refractivity (Wildman–Crippen MR) is 110 cm³/mol. The molecule has 148 valence electrons. The number of carbonyl (C=O) groups is 3. The molecule has 8 nitrogen and oxygen atoms in total. The van der Waals surface area contributed by atoms with Crippen LogP contribution in [0.1, 0.15) is 15.9 Å². The van der Waals surface area contributed by atoms with Gasteiger partial charge < -0.3 is 20.1 Å². The van der Waals surface area contributed by atoms with Crippen LogP contribution in [0, 0.1) is 0 Å². The van der Waals surface area contributed by atoms with Crippen LogP contribution in [-0.4, -0.2) is 44.1 Å². The van der Waals surface area contributed by atoms with Crippen LogP contribution in [-0.2, 0) is 9.59 Å². The number of carboxylic acids is 2. The quantitative estimate of drug-likeness (QED) is 0.468. The third kappa shape index (κ3) is 4.39. The number of hydrogen-bond donors (Lipinski definition) is 3. The van der Waals surface area contributed by atoms with E-state index in [0.29, 0.717) is 11.3 Å². The number of carbonyl (C=O) groups excluding carboxylic acids is 1. The van der Waals surface area contributed by atoms with Gasteiger partial charge in [-0.25, -0.2) is 9.59 Å². The molecule has 1 aliphatic heterocycles. The Bertz CT molecular complexity index is 1060. The number of ether oxygens (including phenoxy) is 1. The minimum atomic E-state index is -1.29. The summed E-state index contributed by atoms with van der Waals surface area (Å²) < 4.78 is 5.44. The van der Waals surface area contributed by atoms with Gasteiger partial charge in [-0.2, -0.15) is 0 Å². The van der Waals surface area contributed by atoms with Gasteiger partial charge in [0.05, 0.1) is 10.6 Å². The molecule has 0 radical (unpaired) electrons. The number of carboxylic acid groups (broad SMARTS) is 2. The maximum atomic E-state index is 12.8. The number of thiocarbonyl (C=S) groups is 1. The molecule has 1 aliphatic rings. The van der Waals surface area contributed by atoms with Gasteiger partial charge in [0, 0.05) is 11.6 Å². The zero-order valence-corrected chi connectivity index (χ0v) is 16.2. The average Bonchev–Trinajstić information content (AvgIpc) is 2.93. The number of benzene rings is 2. The largest absolute Gasteiger partial charge is 0.507 e. The van der Waals surface area contributed by atoms with Crippen molar-refractivity contribution in [2.24, 2.45) is 0 Å². The summed E-state index contributed by atoms with van der Waals surface area (Å²) >= 11 is 6.28. The van der Waals surface area contributed by atoms with Gasteiger partial charge >= 0.3 is 11.9 Å². The Labute approximate surface area is 174 Å². The first-order valence-electron chi connectivity index (χ1n) is 8.06. The van der Waals surface area contributed by atoms with Crippen LogP contribution in [0.4, 0.5) is 5.69 Å². The van der Waals surface area contributed by atoms with Gasteiger partial charge in [-0.05, 0) is 24.3 Å². The Morgan fingerprint density at radius 1 is 1.17 bits per heavy atom. The highest BCUT2D eigenvalue weighted by Crippen LogP contribution is 2.38. The van der Waals surface area contributed by atoms with Crippen molar-refractivity contribution in [2.75, 3.05) is 11.5 Å². The number of phenols is 1. The highest BCUT2D eigenvalue weighted by atomic mass is 32.2. The fourth-order valence-electron chi connectivity index (χ4n) is 2.54. The number of aromatic carboxylic acids is 1. The molecule has 0 aromatic heterocycles. The van der Waals surface area contributed by atoms with E-state index in [2.05, 4.69) is 0 Å². The number of hydrogen-bond acceptors (Lipinski definition) is 7. The number of aromatic hydroxyl groups is 1. The molecule has 0 spiro atoms. The molecule has 2 aromatic rings. The Hall–Kier alpha value is -3.37. The van der Waals surface area contributed by atoms with Gasteiger partial charge in [0.2, 0.25) is 0 Å². The first-order chi connectivity index (χ1) is 13.8. The van der Waals surface area contributed by atoms with Crippen molar-refractivity contribution in [1.82, 2.24) is 0 Å². The molecule has 1 heterocycles. The highest BCUT2D eigenvalue weighted by Gasteiger charge is 2.34. The molecule has 1 saturated heterocycles. The Morgan fingerprint density at radius 2 is 1.90 bits per heavy atom. The average molecular weight is 431 g/mol. The van der Waals surface area contributed by atoms with Gasteiger partial charge in [0.25, 0.3) is 5.91 Å². The fraction of sp³-hybridized carbons (Fsp3) is 0.0526. The standard InChI is InChI=1S/C19H13NO7S2/c21-13-8-11(5-6-12(13)18(25)26)20-17(24)15(29-19(20)28)7-10-3-1-2-4-14(10)27-9-16(22)23/h1-8,21H,9H2,(H,22,23)(H,25,26)/b15-7-. The van der Waals surface area contributed by atoms with Crippen molar-refractivity contribution in [1.29, 1.82) is 0 Å². The smallest absolute Gasteiger partial charge is 0.341 e. The lowest BCUT2D eigenvalue weighted by atomic mass is 10.1. The predicted octanol–water partition coefficient (Wildman–Crippen LogP) is 2.96. The van der Waals surface area contributed by atoms with E-state index in [0.717, 1.165) is 17.8 Å². The summed E-state index contributed by atoms with van der Waals surface area (Å²) in [4.78, 5) is 36.1. The summed E-state index contributed by atoms with van der Waals surface area (Å²) in [5.41, 5.74) is 0.436. The molecule has 1 fully saturated rings. The fourth-order valence-corrected chi connectivity index (χ4v) is 3.83. The second-order valence-corrected chi connectivity index (χ2v) is 7.42. The first-order valence-corrected chi connectivity index (χ1v) is 9.28. The topological polar surface area (TPSA) is 124 Å². The van der Waals surface area contributed by atoms with Crippen molar-refractivity contribution in [3.63, 3.8) is 0 Å². The lowest BCUT2D eigenvalue weighted by Crippen LogP contribution is -2.27. The third-order valence-electron chi connectivity index (χ3n) is 3.82. The number of nitrogens with zero attached hydrogens (tertiary/aromatic N) is 1. The summed E-state index contributed by atoms with van der Waals surface area (Å²) in [6, 6.07) is 10.3. The summed E-state index contributed by atoms with van der Waals surface area (Å²) in [7, 11) is 0. The van der Waals surface area contributed by atoms with Crippen LogP contribution >= 0.6 is 24.0 Å². The van der Waals surface area contributed by atoms with Crippen molar-refractivity contribution in [3.05, 3.63) is 58.5 Å². The summed E-state index contributed by atoms with van der Waals surface area (Å²) in [5.74, 6) is -3.08. The lowest BCUT2D eigenvalue weighted by Gasteiger charge is -2.15. The third-order valence-corrected chi connectivity index (χ3v) is 5.12. The first kappa shape index (κ1) is 20.4. The van der Waals surface area contributed by atoms with Crippen molar-refractivity contribution in [3.8, 4) is 11.5 Å². The van der Waals surface area contributed by atoms with Crippen LogP contribution in [0.2, 0.25) is 0 Å². The molecule has 0 aliphatic carbocycles. The second kappa shape index (κ2) is 8.33. The van der Waals surface area contributed by atoms with Crippen molar-refractivity contribution in [2.45, 2.75) is 0 Å². The molecule has 0 bridgehead atoms. The number of para-hydroxylation sites is 1. The van der Waals surface area contributed by atoms with E-state index in [1.807, 2.05) is 0 Å². The lowest BCUT2D eigenvalue weighted by molar-refractivity contribution is -0.139. The zero-order chi connectivity index (χ0) is 21.1. The van der Waals surface area contributed by atoms with Crippen LogP contribution < -0.4 is 9.64 Å².